The number of hydrogen-bond acceptors (Lipinski definition) is 6. The summed E-state index contributed by atoms with van der Waals surface area (Å²) < 4.78 is 23.4. The minimum atomic E-state index is -2.95. The summed E-state index contributed by atoms with van der Waals surface area (Å²) in [6, 6.07) is 1.81. The number of aromatic nitrogens is 2. The first-order valence-electron chi connectivity index (χ1n) is 7.09. The molecule has 0 radical (unpaired) electrons. The number of nitrogens with one attached hydrogen (secondary N) is 2. The number of hydrogen-bond donors (Lipinski definition) is 2. The van der Waals surface area contributed by atoms with Gasteiger partial charge in [-0.15, -0.1) is 0 Å². The lowest BCUT2D eigenvalue weighted by molar-refractivity contribution is 0.540. The zero-order valence-corrected chi connectivity index (χ0v) is 14.1. The predicted octanol–water partition coefficient (Wildman–Crippen LogP) is 1.80. The van der Waals surface area contributed by atoms with Crippen molar-refractivity contribution in [2.75, 3.05) is 29.2 Å². The lowest BCUT2D eigenvalue weighted by Crippen LogP contribution is -2.36. The second kappa shape index (κ2) is 5.12. The van der Waals surface area contributed by atoms with Crippen molar-refractivity contribution in [2.24, 2.45) is 0 Å². The Bertz CT molecular complexity index is 637. The molecule has 0 amide bonds. The van der Waals surface area contributed by atoms with Crippen LogP contribution >= 0.6 is 0 Å². The molecule has 0 aromatic carbocycles. The highest BCUT2D eigenvalue weighted by molar-refractivity contribution is 7.91. The van der Waals surface area contributed by atoms with E-state index < -0.39 is 15.4 Å². The first-order valence-corrected chi connectivity index (χ1v) is 8.91. The Balaban J connectivity index is 2.32. The standard InChI is InChI=1S/C14H24N4O2S/c1-13(2,3)12-16-10(15-5)8-11(17-12)18-14(4)6-7-21(19,20)9-14/h8H,6-7,9H2,1-5H3,(H2,15,16,17,18). The molecular weight excluding hydrogens is 288 g/mol. The first kappa shape index (κ1) is 16.0. The predicted molar refractivity (Wildman–Crippen MR) is 85.6 cm³/mol. The highest BCUT2D eigenvalue weighted by Crippen LogP contribution is 2.29. The van der Waals surface area contributed by atoms with Gasteiger partial charge in [0.2, 0.25) is 0 Å². The van der Waals surface area contributed by atoms with E-state index in [1.807, 2.05) is 33.8 Å². The van der Waals surface area contributed by atoms with Gasteiger partial charge in [0, 0.05) is 18.5 Å². The molecule has 6 nitrogen and oxygen atoms in total. The summed E-state index contributed by atoms with van der Waals surface area (Å²) in [5.74, 6) is 2.48. The first-order chi connectivity index (χ1) is 9.53. The average molecular weight is 312 g/mol. The van der Waals surface area contributed by atoms with Gasteiger partial charge in [-0.25, -0.2) is 18.4 Å². The Labute approximate surface area is 126 Å². The molecule has 1 unspecified atom stereocenters. The molecule has 7 heteroatoms. The van der Waals surface area contributed by atoms with Crippen LogP contribution in [0.15, 0.2) is 6.07 Å². The van der Waals surface area contributed by atoms with Crippen LogP contribution in [-0.2, 0) is 15.3 Å². The van der Waals surface area contributed by atoms with Gasteiger partial charge < -0.3 is 10.6 Å². The summed E-state index contributed by atoms with van der Waals surface area (Å²) >= 11 is 0. The van der Waals surface area contributed by atoms with Gasteiger partial charge in [-0.1, -0.05) is 20.8 Å². The van der Waals surface area contributed by atoms with Gasteiger partial charge in [0.25, 0.3) is 0 Å². The average Bonchev–Trinajstić information content (AvgIpc) is 2.61. The Kier molecular flexibility index (Phi) is 3.90. The molecule has 1 atom stereocenters. The summed E-state index contributed by atoms with van der Waals surface area (Å²) in [7, 11) is -1.14. The van der Waals surface area contributed by atoms with E-state index in [2.05, 4.69) is 20.6 Å². The van der Waals surface area contributed by atoms with Crippen LogP contribution < -0.4 is 10.6 Å². The Morgan fingerprint density at radius 1 is 1.24 bits per heavy atom. The third-order valence-electron chi connectivity index (χ3n) is 3.59. The van der Waals surface area contributed by atoms with Crippen molar-refractivity contribution in [1.29, 1.82) is 0 Å². The van der Waals surface area contributed by atoms with Crippen LogP contribution in [0.3, 0.4) is 0 Å². The van der Waals surface area contributed by atoms with Crippen LogP contribution in [0, 0.1) is 0 Å². The molecule has 21 heavy (non-hydrogen) atoms. The summed E-state index contributed by atoms with van der Waals surface area (Å²) in [5, 5.41) is 6.31. The van der Waals surface area contributed by atoms with E-state index in [1.54, 1.807) is 7.05 Å². The van der Waals surface area contributed by atoms with Gasteiger partial charge in [-0.05, 0) is 13.3 Å². The van der Waals surface area contributed by atoms with Crippen LogP contribution in [0.2, 0.25) is 0 Å². The fourth-order valence-corrected chi connectivity index (χ4v) is 4.49. The molecule has 0 bridgehead atoms. The van der Waals surface area contributed by atoms with Crippen molar-refractivity contribution in [3.05, 3.63) is 11.9 Å². The molecule has 0 aliphatic carbocycles. The monoisotopic (exact) mass is 312 g/mol. The van der Waals surface area contributed by atoms with Gasteiger partial charge in [0.15, 0.2) is 9.84 Å². The molecule has 1 fully saturated rings. The largest absolute Gasteiger partial charge is 0.373 e. The van der Waals surface area contributed by atoms with Gasteiger partial charge in [-0.2, -0.15) is 0 Å². The molecule has 1 aromatic rings. The Hall–Kier alpha value is -1.37. The fraction of sp³-hybridized carbons (Fsp3) is 0.714. The Morgan fingerprint density at radius 2 is 1.86 bits per heavy atom. The van der Waals surface area contributed by atoms with E-state index in [0.717, 1.165) is 11.6 Å². The molecule has 1 aromatic heterocycles. The van der Waals surface area contributed by atoms with Crippen molar-refractivity contribution in [1.82, 2.24) is 9.97 Å². The molecular formula is C14H24N4O2S. The van der Waals surface area contributed by atoms with Gasteiger partial charge in [0.05, 0.1) is 17.0 Å². The Morgan fingerprint density at radius 3 is 2.33 bits per heavy atom. The number of anilines is 2. The molecule has 1 aliphatic rings. The molecule has 2 heterocycles. The quantitative estimate of drug-likeness (QED) is 0.885. The SMILES string of the molecule is CNc1cc(NC2(C)CCS(=O)(=O)C2)nc(C(C)(C)C)n1. The van der Waals surface area contributed by atoms with Crippen molar-refractivity contribution in [3.8, 4) is 0 Å². The van der Waals surface area contributed by atoms with Gasteiger partial charge >= 0.3 is 0 Å². The van der Waals surface area contributed by atoms with E-state index in [1.165, 1.54) is 0 Å². The van der Waals surface area contributed by atoms with E-state index in [-0.39, 0.29) is 16.9 Å². The van der Waals surface area contributed by atoms with Crippen LogP contribution in [0.5, 0.6) is 0 Å². The highest BCUT2D eigenvalue weighted by atomic mass is 32.2. The number of sulfone groups is 1. The van der Waals surface area contributed by atoms with Crippen LogP contribution in [0.25, 0.3) is 0 Å². The van der Waals surface area contributed by atoms with Crippen LogP contribution in [-0.4, -0.2) is 42.5 Å². The summed E-state index contributed by atoms with van der Waals surface area (Å²) in [4.78, 5) is 9.02. The van der Waals surface area contributed by atoms with Crippen molar-refractivity contribution >= 4 is 21.5 Å². The van der Waals surface area contributed by atoms with E-state index in [0.29, 0.717) is 12.2 Å². The van der Waals surface area contributed by atoms with Gasteiger partial charge in [0.1, 0.15) is 17.5 Å². The molecule has 0 spiro atoms. The lowest BCUT2D eigenvalue weighted by Gasteiger charge is -2.26. The molecule has 1 aliphatic heterocycles. The minimum Gasteiger partial charge on any atom is -0.373 e. The maximum absolute atomic E-state index is 11.7. The highest BCUT2D eigenvalue weighted by Gasteiger charge is 2.38. The normalized spacial score (nSPS) is 24.8. The molecule has 0 saturated carbocycles. The molecule has 1 saturated heterocycles. The second-order valence-electron chi connectivity index (χ2n) is 6.99. The molecule has 2 rings (SSSR count). The van der Waals surface area contributed by atoms with Crippen LogP contribution in [0.1, 0.15) is 39.9 Å². The van der Waals surface area contributed by atoms with E-state index >= 15 is 0 Å². The minimum absolute atomic E-state index is 0.143. The maximum Gasteiger partial charge on any atom is 0.152 e. The molecule has 2 N–H and O–H groups in total. The topological polar surface area (TPSA) is 84.0 Å². The number of nitrogens with zero attached hydrogens (tertiary/aromatic N) is 2. The van der Waals surface area contributed by atoms with Gasteiger partial charge in [-0.3, -0.25) is 0 Å². The third-order valence-corrected chi connectivity index (χ3v) is 5.49. The lowest BCUT2D eigenvalue weighted by atomic mass is 9.95. The zero-order chi connectivity index (χ0) is 15.9. The van der Waals surface area contributed by atoms with Crippen molar-refractivity contribution < 1.29 is 8.42 Å². The summed E-state index contributed by atoms with van der Waals surface area (Å²) in [6.45, 7) is 8.07. The maximum atomic E-state index is 11.7. The van der Waals surface area contributed by atoms with Crippen LogP contribution in [0.4, 0.5) is 11.6 Å². The number of rotatable bonds is 3. The summed E-state index contributed by atoms with van der Waals surface area (Å²) in [6.07, 6.45) is 0.596. The third kappa shape index (κ3) is 3.84. The smallest absolute Gasteiger partial charge is 0.152 e. The molecule has 118 valence electrons. The van der Waals surface area contributed by atoms with E-state index in [9.17, 15) is 8.42 Å². The fourth-order valence-electron chi connectivity index (χ4n) is 2.39. The second-order valence-corrected chi connectivity index (χ2v) is 9.17. The van der Waals surface area contributed by atoms with Crippen molar-refractivity contribution in [2.45, 2.75) is 45.1 Å². The summed E-state index contributed by atoms with van der Waals surface area (Å²) in [5.41, 5.74) is -0.640. The van der Waals surface area contributed by atoms with Crippen molar-refractivity contribution in [3.63, 3.8) is 0 Å². The van der Waals surface area contributed by atoms with E-state index in [4.69, 9.17) is 0 Å². The zero-order valence-electron chi connectivity index (χ0n) is 13.3.